The molecular formula is C43H73NO8. The minimum atomic E-state index is -1.58. The number of carbonyl (C=O) groups excluding carboxylic acids is 1. The monoisotopic (exact) mass is 732 g/mol. The van der Waals surface area contributed by atoms with E-state index >= 15 is 0 Å². The van der Waals surface area contributed by atoms with Gasteiger partial charge in [-0.15, -0.1) is 0 Å². The van der Waals surface area contributed by atoms with Crippen LogP contribution in [-0.2, 0) is 14.3 Å². The van der Waals surface area contributed by atoms with E-state index in [0.717, 1.165) is 89.9 Å². The summed E-state index contributed by atoms with van der Waals surface area (Å²) in [6.07, 6.45) is 36.6. The van der Waals surface area contributed by atoms with E-state index in [-0.39, 0.29) is 12.5 Å². The van der Waals surface area contributed by atoms with Crippen molar-refractivity contribution in [1.29, 1.82) is 0 Å². The standard InChI is InChI=1S/C43H73NO8/c1-3-5-7-9-11-13-15-16-17-18-19-20-21-22-23-25-27-29-31-33-39(47)44-36(35-51-43-42(50)41(49)40(48)38(34-45)52-43)37(46)32-30-28-26-24-14-12-10-8-6-4-2/h5,7,11,13-14,16-17,19-20,24,30,32,36-38,40-43,45-46,48-50H,3-4,6,8-10,12,15,18,21-23,25-29,31,33-35H2,1-2H3,(H,44,47)/b7-5-,13-11-,17-16-,20-19-,24-14+,32-30+. The number of nitrogens with one attached hydrogen (secondary N) is 1. The first-order valence-corrected chi connectivity index (χ1v) is 20.2. The van der Waals surface area contributed by atoms with Crippen molar-refractivity contribution in [2.75, 3.05) is 13.2 Å². The fraction of sp³-hybridized carbons (Fsp3) is 0.698. The molecular weight excluding hydrogens is 658 g/mol. The van der Waals surface area contributed by atoms with E-state index < -0.39 is 49.5 Å². The third-order valence-corrected chi connectivity index (χ3v) is 9.01. The molecule has 52 heavy (non-hydrogen) atoms. The normalized spacial score (nSPS) is 22.6. The summed E-state index contributed by atoms with van der Waals surface area (Å²) in [4.78, 5) is 12.9. The Balaban J connectivity index is 2.41. The van der Waals surface area contributed by atoms with E-state index in [9.17, 15) is 30.3 Å². The number of amides is 1. The number of unbranched alkanes of at least 4 members (excludes halogenated alkanes) is 11. The number of aliphatic hydroxyl groups excluding tert-OH is 5. The summed E-state index contributed by atoms with van der Waals surface area (Å²) in [6.45, 7) is 3.56. The Morgan fingerprint density at radius 2 is 1.21 bits per heavy atom. The zero-order chi connectivity index (χ0) is 38.1. The molecule has 0 aromatic heterocycles. The molecule has 1 heterocycles. The van der Waals surface area contributed by atoms with Crippen molar-refractivity contribution >= 4 is 5.91 Å². The molecule has 1 rings (SSSR count). The molecule has 0 radical (unpaired) electrons. The van der Waals surface area contributed by atoms with Crippen molar-refractivity contribution in [2.24, 2.45) is 0 Å². The lowest BCUT2D eigenvalue weighted by atomic mass is 9.99. The second kappa shape index (κ2) is 33.2. The molecule has 1 aliphatic rings. The highest BCUT2D eigenvalue weighted by Gasteiger charge is 2.44. The molecule has 1 amide bonds. The Labute approximate surface area is 315 Å². The fourth-order valence-corrected chi connectivity index (χ4v) is 5.75. The van der Waals surface area contributed by atoms with Crippen LogP contribution in [0.2, 0.25) is 0 Å². The average molecular weight is 732 g/mol. The van der Waals surface area contributed by atoms with Gasteiger partial charge in [-0.1, -0.05) is 132 Å². The van der Waals surface area contributed by atoms with Crippen molar-refractivity contribution in [3.05, 3.63) is 72.9 Å². The van der Waals surface area contributed by atoms with E-state index in [1.807, 2.05) is 6.08 Å². The van der Waals surface area contributed by atoms with E-state index in [1.54, 1.807) is 6.08 Å². The number of allylic oxidation sites excluding steroid dienone is 11. The predicted octanol–water partition coefficient (Wildman–Crippen LogP) is 7.44. The van der Waals surface area contributed by atoms with Gasteiger partial charge in [0.15, 0.2) is 6.29 Å². The lowest BCUT2D eigenvalue weighted by molar-refractivity contribution is -0.302. The Morgan fingerprint density at radius 1 is 0.673 bits per heavy atom. The maximum atomic E-state index is 12.9. The Hall–Kier alpha value is -2.37. The Bertz CT molecular complexity index is 1040. The average Bonchev–Trinajstić information content (AvgIpc) is 3.14. The van der Waals surface area contributed by atoms with Crippen LogP contribution in [0.15, 0.2) is 72.9 Å². The quantitative estimate of drug-likeness (QED) is 0.0319. The Kier molecular flexibility index (Phi) is 30.4. The molecule has 7 atom stereocenters. The van der Waals surface area contributed by atoms with E-state index in [2.05, 4.69) is 79.9 Å². The highest BCUT2D eigenvalue weighted by molar-refractivity contribution is 5.76. The largest absolute Gasteiger partial charge is 0.394 e. The third kappa shape index (κ3) is 24.0. The zero-order valence-electron chi connectivity index (χ0n) is 32.3. The highest BCUT2D eigenvalue weighted by atomic mass is 16.7. The maximum Gasteiger partial charge on any atom is 0.220 e. The van der Waals surface area contributed by atoms with Crippen LogP contribution in [0.4, 0.5) is 0 Å². The topological polar surface area (TPSA) is 149 Å². The van der Waals surface area contributed by atoms with Gasteiger partial charge in [-0.05, 0) is 70.6 Å². The first kappa shape index (κ1) is 47.7. The molecule has 0 aromatic carbocycles. The van der Waals surface area contributed by atoms with E-state index in [1.165, 1.54) is 25.7 Å². The lowest BCUT2D eigenvalue weighted by Crippen LogP contribution is -2.60. The van der Waals surface area contributed by atoms with Gasteiger partial charge in [0.05, 0.1) is 25.4 Å². The van der Waals surface area contributed by atoms with Crippen molar-refractivity contribution in [3.63, 3.8) is 0 Å². The van der Waals surface area contributed by atoms with Crippen LogP contribution in [-0.4, -0.2) is 87.5 Å². The molecule has 298 valence electrons. The predicted molar refractivity (Wildman–Crippen MR) is 212 cm³/mol. The SMILES string of the molecule is CC/C=C\C/C=C\C/C=C\C/C=C\CCCCCCCCC(=O)NC(COC1OC(CO)C(O)C(O)C1O)C(O)/C=C/CC/C=C/CCCCCC. The molecule has 1 fully saturated rings. The van der Waals surface area contributed by atoms with Crippen molar-refractivity contribution in [3.8, 4) is 0 Å². The number of aliphatic hydroxyl groups is 5. The molecule has 0 spiro atoms. The molecule has 0 saturated carbocycles. The van der Waals surface area contributed by atoms with E-state index in [0.29, 0.717) is 6.42 Å². The van der Waals surface area contributed by atoms with Gasteiger partial charge in [-0.2, -0.15) is 0 Å². The lowest BCUT2D eigenvalue weighted by Gasteiger charge is -2.40. The zero-order valence-corrected chi connectivity index (χ0v) is 32.3. The maximum absolute atomic E-state index is 12.9. The van der Waals surface area contributed by atoms with Gasteiger partial charge in [0.2, 0.25) is 5.91 Å². The first-order valence-electron chi connectivity index (χ1n) is 20.2. The Morgan fingerprint density at radius 3 is 1.85 bits per heavy atom. The number of carbonyl (C=O) groups is 1. The number of rotatable bonds is 31. The van der Waals surface area contributed by atoms with E-state index in [4.69, 9.17) is 9.47 Å². The molecule has 0 aliphatic carbocycles. The van der Waals surface area contributed by atoms with Crippen molar-refractivity contribution in [2.45, 2.75) is 179 Å². The van der Waals surface area contributed by atoms with Crippen LogP contribution in [0.3, 0.4) is 0 Å². The molecule has 0 bridgehead atoms. The van der Waals surface area contributed by atoms with Crippen LogP contribution in [0.5, 0.6) is 0 Å². The number of hydrogen-bond donors (Lipinski definition) is 6. The van der Waals surface area contributed by atoms with Gasteiger partial charge in [-0.3, -0.25) is 4.79 Å². The van der Waals surface area contributed by atoms with Gasteiger partial charge < -0.3 is 40.3 Å². The smallest absolute Gasteiger partial charge is 0.220 e. The second-order valence-electron chi connectivity index (χ2n) is 13.7. The van der Waals surface area contributed by atoms with Gasteiger partial charge in [0, 0.05) is 6.42 Å². The van der Waals surface area contributed by atoms with Gasteiger partial charge in [-0.25, -0.2) is 0 Å². The summed E-state index contributed by atoms with van der Waals surface area (Å²) in [7, 11) is 0. The summed E-state index contributed by atoms with van der Waals surface area (Å²) >= 11 is 0. The van der Waals surface area contributed by atoms with Crippen LogP contribution in [0, 0.1) is 0 Å². The van der Waals surface area contributed by atoms with Crippen LogP contribution in [0.1, 0.15) is 136 Å². The van der Waals surface area contributed by atoms with Gasteiger partial charge >= 0.3 is 0 Å². The molecule has 0 aromatic rings. The van der Waals surface area contributed by atoms with Crippen molar-refractivity contribution in [1.82, 2.24) is 5.32 Å². The molecule has 7 unspecified atom stereocenters. The summed E-state index contributed by atoms with van der Waals surface area (Å²) in [5.41, 5.74) is 0. The van der Waals surface area contributed by atoms with Crippen LogP contribution >= 0.6 is 0 Å². The molecule has 9 heteroatoms. The molecule has 1 aliphatic heterocycles. The summed E-state index contributed by atoms with van der Waals surface area (Å²) < 4.78 is 11.1. The summed E-state index contributed by atoms with van der Waals surface area (Å²) in [5, 5.41) is 53.9. The molecule has 1 saturated heterocycles. The molecule has 6 N–H and O–H groups in total. The minimum absolute atomic E-state index is 0.208. The highest BCUT2D eigenvalue weighted by Crippen LogP contribution is 2.22. The third-order valence-electron chi connectivity index (χ3n) is 9.01. The first-order chi connectivity index (χ1) is 25.3. The summed E-state index contributed by atoms with van der Waals surface area (Å²) in [6, 6.07) is -0.830. The van der Waals surface area contributed by atoms with Gasteiger partial charge in [0.25, 0.3) is 0 Å². The van der Waals surface area contributed by atoms with Crippen molar-refractivity contribution < 1.29 is 39.8 Å². The summed E-state index contributed by atoms with van der Waals surface area (Å²) in [5.74, 6) is -0.208. The second-order valence-corrected chi connectivity index (χ2v) is 13.7. The van der Waals surface area contributed by atoms with Crippen LogP contribution in [0.25, 0.3) is 0 Å². The number of hydrogen-bond acceptors (Lipinski definition) is 8. The van der Waals surface area contributed by atoms with Gasteiger partial charge in [0.1, 0.15) is 24.4 Å². The minimum Gasteiger partial charge on any atom is -0.394 e. The number of ether oxygens (including phenoxy) is 2. The molecule has 9 nitrogen and oxygen atoms in total. The van der Waals surface area contributed by atoms with Crippen LogP contribution < -0.4 is 5.32 Å². The fourth-order valence-electron chi connectivity index (χ4n) is 5.75.